The highest BCUT2D eigenvalue weighted by Gasteiger charge is 2.23. The summed E-state index contributed by atoms with van der Waals surface area (Å²) in [6, 6.07) is 2.56. The molecule has 18 heavy (non-hydrogen) atoms. The van der Waals surface area contributed by atoms with Gasteiger partial charge in [0.15, 0.2) is 5.82 Å². The molecule has 5 nitrogen and oxygen atoms in total. The summed E-state index contributed by atoms with van der Waals surface area (Å²) in [4.78, 5) is 0. The Morgan fingerprint density at radius 2 is 2.33 bits per heavy atom. The number of fused-ring (bicyclic) bond motifs is 1. The predicted octanol–water partition coefficient (Wildman–Crippen LogP) is 1.56. The molecule has 0 saturated carbocycles. The first kappa shape index (κ1) is 11.5. The van der Waals surface area contributed by atoms with Gasteiger partial charge in [0.05, 0.1) is 6.04 Å². The maximum Gasteiger partial charge on any atom is 0.155 e. The number of aryl methyl sites for hydroxylation is 1. The molecule has 2 N–H and O–H groups in total. The van der Waals surface area contributed by atoms with Crippen molar-refractivity contribution < 1.29 is 0 Å². The number of rotatable bonds is 2. The van der Waals surface area contributed by atoms with Crippen molar-refractivity contribution in [1.82, 2.24) is 19.3 Å². The van der Waals surface area contributed by atoms with Gasteiger partial charge in [-0.25, -0.2) is 0 Å². The minimum Gasteiger partial charge on any atom is -0.341 e. The van der Waals surface area contributed by atoms with E-state index in [1.807, 2.05) is 11.6 Å². The van der Waals surface area contributed by atoms with E-state index in [-0.39, 0.29) is 12.1 Å². The van der Waals surface area contributed by atoms with E-state index in [0.717, 1.165) is 18.7 Å². The van der Waals surface area contributed by atoms with Gasteiger partial charge in [-0.05, 0) is 37.8 Å². The molecule has 0 radical (unpaired) electrons. The van der Waals surface area contributed by atoms with Crippen molar-refractivity contribution in [2.75, 3.05) is 0 Å². The lowest BCUT2D eigenvalue weighted by Gasteiger charge is -2.23. The molecule has 96 valence electrons. The van der Waals surface area contributed by atoms with Crippen LogP contribution in [0.15, 0.2) is 18.6 Å². The van der Waals surface area contributed by atoms with Gasteiger partial charge in [-0.3, -0.25) is 0 Å². The summed E-state index contributed by atoms with van der Waals surface area (Å²) in [5, 5.41) is 8.16. The Bertz CT molecular complexity index is 553. The summed E-state index contributed by atoms with van der Waals surface area (Å²) < 4.78 is 4.26. The third-order valence-electron chi connectivity index (χ3n) is 3.93. The van der Waals surface area contributed by atoms with Gasteiger partial charge in [0.1, 0.15) is 6.33 Å². The first-order chi connectivity index (χ1) is 8.68. The van der Waals surface area contributed by atoms with E-state index in [9.17, 15) is 0 Å². The van der Waals surface area contributed by atoms with Crippen LogP contribution < -0.4 is 5.73 Å². The minimum atomic E-state index is 0.196. The first-order valence-electron chi connectivity index (χ1n) is 6.47. The minimum absolute atomic E-state index is 0.196. The fraction of sp³-hybridized carbons (Fsp3) is 0.538. The maximum atomic E-state index is 6.16. The zero-order valence-corrected chi connectivity index (χ0v) is 10.9. The number of aromatic nitrogens is 4. The molecule has 0 saturated heterocycles. The number of hydrogen-bond acceptors (Lipinski definition) is 3. The molecule has 1 aliphatic carbocycles. The van der Waals surface area contributed by atoms with Crippen molar-refractivity contribution >= 4 is 0 Å². The Balaban J connectivity index is 2.01. The molecule has 0 fully saturated rings. The van der Waals surface area contributed by atoms with E-state index in [4.69, 9.17) is 5.73 Å². The third kappa shape index (κ3) is 1.66. The molecule has 2 heterocycles. The SMILES string of the molecule is CC(c1nncn1C)n1ccc2c1CCCC2N. The Kier molecular flexibility index (Phi) is 2.70. The van der Waals surface area contributed by atoms with Crippen LogP contribution in [0.4, 0.5) is 0 Å². The quantitative estimate of drug-likeness (QED) is 0.873. The second-order valence-corrected chi connectivity index (χ2v) is 5.10. The van der Waals surface area contributed by atoms with E-state index in [0.29, 0.717) is 0 Å². The second-order valence-electron chi connectivity index (χ2n) is 5.10. The molecular formula is C13H19N5. The lowest BCUT2D eigenvalue weighted by molar-refractivity contribution is 0.508. The monoisotopic (exact) mass is 245 g/mol. The van der Waals surface area contributed by atoms with Crippen LogP contribution in [-0.2, 0) is 13.5 Å². The van der Waals surface area contributed by atoms with Gasteiger partial charge in [-0.15, -0.1) is 10.2 Å². The van der Waals surface area contributed by atoms with Gasteiger partial charge < -0.3 is 14.9 Å². The highest BCUT2D eigenvalue weighted by molar-refractivity contribution is 5.29. The fourth-order valence-corrected chi connectivity index (χ4v) is 2.91. The Hall–Kier alpha value is -1.62. The Morgan fingerprint density at radius 3 is 3.06 bits per heavy atom. The molecular weight excluding hydrogens is 226 g/mol. The van der Waals surface area contributed by atoms with Crippen molar-refractivity contribution in [3.8, 4) is 0 Å². The lowest BCUT2D eigenvalue weighted by Crippen LogP contribution is -2.20. The molecule has 0 aromatic carbocycles. The normalized spacial score (nSPS) is 20.7. The average Bonchev–Trinajstić information content (AvgIpc) is 2.95. The van der Waals surface area contributed by atoms with Crippen LogP contribution in [0.25, 0.3) is 0 Å². The number of hydrogen-bond donors (Lipinski definition) is 1. The zero-order valence-electron chi connectivity index (χ0n) is 10.9. The van der Waals surface area contributed by atoms with E-state index in [2.05, 4.69) is 34.0 Å². The van der Waals surface area contributed by atoms with E-state index >= 15 is 0 Å². The van der Waals surface area contributed by atoms with Crippen molar-refractivity contribution in [2.45, 2.75) is 38.3 Å². The van der Waals surface area contributed by atoms with Crippen LogP contribution in [0.2, 0.25) is 0 Å². The highest BCUT2D eigenvalue weighted by atomic mass is 15.3. The van der Waals surface area contributed by atoms with Crippen LogP contribution in [0.5, 0.6) is 0 Å². The molecule has 2 atom stereocenters. The van der Waals surface area contributed by atoms with E-state index in [1.54, 1.807) is 6.33 Å². The lowest BCUT2D eigenvalue weighted by atomic mass is 9.93. The molecule has 0 aliphatic heterocycles. The summed E-state index contributed by atoms with van der Waals surface area (Å²) >= 11 is 0. The molecule has 5 heteroatoms. The smallest absolute Gasteiger partial charge is 0.155 e. The van der Waals surface area contributed by atoms with Crippen LogP contribution in [-0.4, -0.2) is 19.3 Å². The summed E-state index contributed by atoms with van der Waals surface area (Å²) in [6.07, 6.45) is 7.25. The molecule has 0 amide bonds. The summed E-state index contributed by atoms with van der Waals surface area (Å²) in [6.45, 7) is 2.16. The van der Waals surface area contributed by atoms with Crippen molar-refractivity contribution in [3.05, 3.63) is 35.7 Å². The van der Waals surface area contributed by atoms with Crippen LogP contribution >= 0.6 is 0 Å². The summed E-state index contributed by atoms with van der Waals surface area (Å²) in [5.74, 6) is 0.979. The number of nitrogens with two attached hydrogens (primary N) is 1. The maximum absolute atomic E-state index is 6.16. The average molecular weight is 245 g/mol. The molecule has 2 aromatic rings. The summed E-state index contributed by atoms with van der Waals surface area (Å²) in [7, 11) is 1.98. The first-order valence-corrected chi connectivity index (χ1v) is 6.47. The van der Waals surface area contributed by atoms with Crippen LogP contribution in [0, 0.1) is 0 Å². The Morgan fingerprint density at radius 1 is 1.50 bits per heavy atom. The third-order valence-corrected chi connectivity index (χ3v) is 3.93. The molecule has 1 aliphatic rings. The molecule has 0 spiro atoms. The van der Waals surface area contributed by atoms with Crippen LogP contribution in [0.1, 0.15) is 48.9 Å². The van der Waals surface area contributed by atoms with E-state index in [1.165, 1.54) is 17.7 Å². The van der Waals surface area contributed by atoms with Gasteiger partial charge in [0.2, 0.25) is 0 Å². The van der Waals surface area contributed by atoms with Gasteiger partial charge in [0.25, 0.3) is 0 Å². The molecule has 2 aromatic heterocycles. The van der Waals surface area contributed by atoms with Gasteiger partial charge in [0, 0.05) is 25.0 Å². The number of nitrogens with zero attached hydrogens (tertiary/aromatic N) is 4. The Labute approximate surface area is 107 Å². The van der Waals surface area contributed by atoms with Gasteiger partial charge >= 0.3 is 0 Å². The highest BCUT2D eigenvalue weighted by Crippen LogP contribution is 2.31. The van der Waals surface area contributed by atoms with Crippen LogP contribution in [0.3, 0.4) is 0 Å². The second kappa shape index (κ2) is 4.24. The zero-order chi connectivity index (χ0) is 12.7. The standard InChI is InChI=1S/C13H19N5/c1-9(13-16-15-8-17(13)2)18-7-6-10-11(14)4-3-5-12(10)18/h6-9,11H,3-5,14H2,1-2H3. The fourth-order valence-electron chi connectivity index (χ4n) is 2.91. The van der Waals surface area contributed by atoms with E-state index < -0.39 is 0 Å². The van der Waals surface area contributed by atoms with Crippen molar-refractivity contribution in [2.24, 2.45) is 12.8 Å². The predicted molar refractivity (Wildman–Crippen MR) is 69.1 cm³/mol. The molecule has 0 bridgehead atoms. The molecule has 2 unspecified atom stereocenters. The van der Waals surface area contributed by atoms with Gasteiger partial charge in [-0.1, -0.05) is 0 Å². The topological polar surface area (TPSA) is 61.7 Å². The van der Waals surface area contributed by atoms with Gasteiger partial charge in [-0.2, -0.15) is 0 Å². The van der Waals surface area contributed by atoms with Crippen molar-refractivity contribution in [1.29, 1.82) is 0 Å². The largest absolute Gasteiger partial charge is 0.341 e. The van der Waals surface area contributed by atoms with Crippen molar-refractivity contribution in [3.63, 3.8) is 0 Å². The summed E-state index contributed by atoms with van der Waals surface area (Å²) in [5.41, 5.74) is 8.83. The molecule has 3 rings (SSSR count).